The van der Waals surface area contributed by atoms with Gasteiger partial charge in [0.25, 0.3) is 0 Å². The highest BCUT2D eigenvalue weighted by Crippen LogP contribution is 2.18. The van der Waals surface area contributed by atoms with Crippen molar-refractivity contribution in [2.45, 2.75) is 51.9 Å². The number of halogens is 1. The van der Waals surface area contributed by atoms with Crippen LogP contribution in [0.5, 0.6) is 0 Å². The molecule has 6 nitrogen and oxygen atoms in total. The summed E-state index contributed by atoms with van der Waals surface area (Å²) >= 11 is 0. The van der Waals surface area contributed by atoms with Crippen LogP contribution in [0, 0.1) is 0 Å². The fourth-order valence-electron chi connectivity index (χ4n) is 2.18. The molecule has 0 saturated heterocycles. The zero-order valence-corrected chi connectivity index (χ0v) is 15.9. The Kier molecular flexibility index (Phi) is 7.90. The smallest absolute Gasteiger partial charge is 0.226 e. The van der Waals surface area contributed by atoms with E-state index in [9.17, 15) is 4.79 Å². The highest BCUT2D eigenvalue weighted by Gasteiger charge is 2.20. The first-order valence-electron chi connectivity index (χ1n) is 8.29. The van der Waals surface area contributed by atoms with E-state index in [2.05, 4.69) is 15.5 Å². The number of hydrogen-bond acceptors (Lipinski definition) is 5. The molecule has 0 bridgehead atoms. The van der Waals surface area contributed by atoms with Crippen LogP contribution < -0.4 is 11.1 Å². The molecule has 0 saturated carbocycles. The Bertz CT molecular complexity index is 662. The van der Waals surface area contributed by atoms with Gasteiger partial charge in [0, 0.05) is 30.5 Å². The van der Waals surface area contributed by atoms with Gasteiger partial charge in [0.15, 0.2) is 5.82 Å². The zero-order valence-electron chi connectivity index (χ0n) is 15.0. The van der Waals surface area contributed by atoms with Gasteiger partial charge in [-0.3, -0.25) is 4.79 Å². The topological polar surface area (TPSA) is 94.0 Å². The monoisotopic (exact) mass is 366 g/mol. The van der Waals surface area contributed by atoms with Gasteiger partial charge in [-0.2, -0.15) is 4.98 Å². The van der Waals surface area contributed by atoms with Crippen LogP contribution in [0.1, 0.15) is 50.9 Å². The second kappa shape index (κ2) is 9.42. The third-order valence-electron chi connectivity index (χ3n) is 3.65. The number of nitrogens with two attached hydrogens (primary N) is 1. The molecule has 0 aliphatic rings. The van der Waals surface area contributed by atoms with Crippen LogP contribution in [0.25, 0.3) is 0 Å². The lowest BCUT2D eigenvalue weighted by Gasteiger charge is -2.10. The van der Waals surface area contributed by atoms with Gasteiger partial charge in [0.1, 0.15) is 0 Å². The van der Waals surface area contributed by atoms with Crippen molar-refractivity contribution in [2.75, 3.05) is 12.3 Å². The number of aryl methyl sites for hydroxylation is 1. The number of amides is 1. The Morgan fingerprint density at radius 1 is 1.20 bits per heavy atom. The molecule has 25 heavy (non-hydrogen) atoms. The molecule has 138 valence electrons. The first-order valence-corrected chi connectivity index (χ1v) is 8.29. The fraction of sp³-hybridized carbons (Fsp3) is 0.500. The molecule has 1 aromatic carbocycles. The van der Waals surface area contributed by atoms with Crippen LogP contribution in [0.2, 0.25) is 0 Å². The summed E-state index contributed by atoms with van der Waals surface area (Å²) in [5, 5.41) is 6.90. The Morgan fingerprint density at radius 2 is 1.88 bits per heavy atom. The van der Waals surface area contributed by atoms with Crippen LogP contribution in [0.15, 0.2) is 28.8 Å². The molecule has 0 atom stereocenters. The van der Waals surface area contributed by atoms with Gasteiger partial charge >= 0.3 is 0 Å². The Hall–Kier alpha value is -2.08. The molecule has 0 aliphatic carbocycles. The fourth-order valence-corrected chi connectivity index (χ4v) is 2.18. The summed E-state index contributed by atoms with van der Waals surface area (Å²) in [5.41, 5.74) is 7.43. The predicted octanol–water partition coefficient (Wildman–Crippen LogP) is 3.05. The van der Waals surface area contributed by atoms with Crippen LogP contribution >= 0.6 is 12.4 Å². The van der Waals surface area contributed by atoms with Crippen molar-refractivity contribution >= 4 is 24.0 Å². The molecule has 1 amide bonds. The zero-order chi connectivity index (χ0) is 17.6. The van der Waals surface area contributed by atoms with Gasteiger partial charge in [-0.1, -0.05) is 38.1 Å². The van der Waals surface area contributed by atoms with Crippen molar-refractivity contribution < 1.29 is 9.32 Å². The largest absolute Gasteiger partial charge is 0.399 e. The Balaban J connectivity index is 0.00000312. The summed E-state index contributed by atoms with van der Waals surface area (Å²) in [4.78, 5) is 16.2. The molecule has 1 heterocycles. The number of hydrogen-bond donors (Lipinski definition) is 2. The molecule has 0 spiro atoms. The van der Waals surface area contributed by atoms with Crippen LogP contribution in [-0.4, -0.2) is 22.6 Å². The second-order valence-electron chi connectivity index (χ2n) is 6.96. The van der Waals surface area contributed by atoms with E-state index in [4.69, 9.17) is 10.3 Å². The molecule has 0 unspecified atom stereocenters. The Morgan fingerprint density at radius 3 is 2.48 bits per heavy atom. The molecular weight excluding hydrogens is 340 g/mol. The average molecular weight is 367 g/mol. The summed E-state index contributed by atoms with van der Waals surface area (Å²) < 4.78 is 5.22. The maximum atomic E-state index is 11.8. The molecule has 2 aromatic rings. The van der Waals surface area contributed by atoms with Crippen molar-refractivity contribution in [3.8, 4) is 0 Å². The molecular formula is C18H27ClN4O2. The number of benzene rings is 1. The normalized spacial score (nSPS) is 11.0. The highest BCUT2D eigenvalue weighted by molar-refractivity contribution is 5.85. The SMILES string of the molecule is CC(C)(C)c1noc(CCCC(=O)NCCc2ccc(N)cc2)n1.Cl. The standard InChI is InChI=1S/C18H26N4O2.ClH/c1-18(2,3)17-21-16(24-22-17)6-4-5-15(23)20-12-11-13-7-9-14(19)10-8-13;/h7-10H,4-6,11-12,19H2,1-3H3,(H,20,23);1H. The van der Waals surface area contributed by atoms with E-state index >= 15 is 0 Å². The third kappa shape index (κ3) is 7.13. The summed E-state index contributed by atoms with van der Waals surface area (Å²) in [5.74, 6) is 1.33. The van der Waals surface area contributed by atoms with Crippen LogP contribution in [0.3, 0.4) is 0 Å². The van der Waals surface area contributed by atoms with Gasteiger partial charge in [-0.25, -0.2) is 0 Å². The van der Waals surface area contributed by atoms with Crippen molar-refractivity contribution in [3.05, 3.63) is 41.5 Å². The lowest BCUT2D eigenvalue weighted by molar-refractivity contribution is -0.121. The van der Waals surface area contributed by atoms with Gasteiger partial charge in [-0.15, -0.1) is 12.4 Å². The molecule has 1 aromatic heterocycles. The van der Waals surface area contributed by atoms with E-state index in [0.717, 1.165) is 17.7 Å². The minimum atomic E-state index is -0.124. The first-order chi connectivity index (χ1) is 11.3. The molecule has 0 radical (unpaired) electrons. The summed E-state index contributed by atoms with van der Waals surface area (Å²) in [6, 6.07) is 7.69. The van der Waals surface area contributed by atoms with Crippen molar-refractivity contribution in [3.63, 3.8) is 0 Å². The van der Waals surface area contributed by atoms with E-state index in [1.807, 2.05) is 45.0 Å². The number of rotatable bonds is 7. The number of nitrogens with one attached hydrogen (secondary N) is 1. The summed E-state index contributed by atoms with van der Waals surface area (Å²) in [7, 11) is 0. The lowest BCUT2D eigenvalue weighted by Crippen LogP contribution is -2.25. The van der Waals surface area contributed by atoms with E-state index in [-0.39, 0.29) is 23.7 Å². The second-order valence-corrected chi connectivity index (χ2v) is 6.96. The highest BCUT2D eigenvalue weighted by atomic mass is 35.5. The van der Waals surface area contributed by atoms with E-state index in [1.54, 1.807) is 0 Å². The molecule has 3 N–H and O–H groups in total. The maximum Gasteiger partial charge on any atom is 0.226 e. The van der Waals surface area contributed by atoms with E-state index in [0.29, 0.717) is 37.5 Å². The van der Waals surface area contributed by atoms with Crippen LogP contribution in [0.4, 0.5) is 5.69 Å². The number of carbonyl (C=O) groups is 1. The summed E-state index contributed by atoms with van der Waals surface area (Å²) in [6.45, 7) is 6.74. The van der Waals surface area contributed by atoms with Crippen molar-refractivity contribution in [1.82, 2.24) is 15.5 Å². The quantitative estimate of drug-likeness (QED) is 0.734. The lowest BCUT2D eigenvalue weighted by atomic mass is 9.96. The molecule has 0 aliphatic heterocycles. The Labute approximate surface area is 155 Å². The maximum absolute atomic E-state index is 11.8. The average Bonchev–Trinajstić information content (AvgIpc) is 2.98. The number of aromatic nitrogens is 2. The molecule has 7 heteroatoms. The number of nitrogens with zero attached hydrogens (tertiary/aromatic N) is 2. The third-order valence-corrected chi connectivity index (χ3v) is 3.65. The van der Waals surface area contributed by atoms with Crippen molar-refractivity contribution in [1.29, 1.82) is 0 Å². The van der Waals surface area contributed by atoms with Crippen molar-refractivity contribution in [2.24, 2.45) is 0 Å². The predicted molar refractivity (Wildman–Crippen MR) is 101 cm³/mol. The van der Waals surface area contributed by atoms with E-state index in [1.165, 1.54) is 0 Å². The first kappa shape index (κ1) is 21.0. The molecule has 0 fully saturated rings. The summed E-state index contributed by atoms with van der Waals surface area (Å²) in [6.07, 6.45) is 2.56. The number of carbonyl (C=O) groups excluding carboxylic acids is 1. The minimum absolute atomic E-state index is 0. The molecule has 2 rings (SSSR count). The van der Waals surface area contributed by atoms with Gasteiger partial charge in [0.05, 0.1) is 0 Å². The number of anilines is 1. The van der Waals surface area contributed by atoms with Crippen LogP contribution in [-0.2, 0) is 23.1 Å². The van der Waals surface area contributed by atoms with E-state index < -0.39 is 0 Å². The van der Waals surface area contributed by atoms with Gasteiger partial charge in [-0.05, 0) is 30.5 Å². The number of nitrogen functional groups attached to an aromatic ring is 1. The minimum Gasteiger partial charge on any atom is -0.399 e. The van der Waals surface area contributed by atoms with Gasteiger partial charge in [0.2, 0.25) is 11.8 Å². The van der Waals surface area contributed by atoms with Gasteiger partial charge < -0.3 is 15.6 Å².